The van der Waals surface area contributed by atoms with Gasteiger partial charge < -0.3 is 20.1 Å². The first-order valence-electron chi connectivity index (χ1n) is 12.4. The topological polar surface area (TPSA) is 121 Å². The molecule has 1 amide bonds. The molecule has 1 aliphatic heterocycles. The summed E-state index contributed by atoms with van der Waals surface area (Å²) in [5, 5.41) is 18.3. The van der Waals surface area contributed by atoms with Gasteiger partial charge in [-0.25, -0.2) is 9.97 Å². The molecule has 1 fully saturated rings. The Balaban J connectivity index is 0.00000320. The van der Waals surface area contributed by atoms with Crippen molar-refractivity contribution in [2.75, 3.05) is 39.5 Å². The number of aliphatic hydroxyl groups is 1. The highest BCUT2D eigenvalue weighted by Gasteiger charge is 2.24. The fourth-order valence-corrected chi connectivity index (χ4v) is 4.51. The molecule has 3 N–H and O–H groups in total. The summed E-state index contributed by atoms with van der Waals surface area (Å²) in [5.74, 6) is -0.319. The van der Waals surface area contributed by atoms with Gasteiger partial charge >= 0.3 is 0 Å². The van der Waals surface area contributed by atoms with Gasteiger partial charge in [-0.15, -0.1) is 12.4 Å². The molecule has 1 aromatic carbocycles. The maximum absolute atomic E-state index is 12.9. The lowest BCUT2D eigenvalue weighted by Gasteiger charge is -2.26. The Morgan fingerprint density at radius 1 is 1.24 bits per heavy atom. The summed E-state index contributed by atoms with van der Waals surface area (Å²) in [4.78, 5) is 27.7. The Morgan fingerprint density at radius 2 is 2.03 bits per heavy atom. The Hall–Kier alpha value is -3.05. The third kappa shape index (κ3) is 5.77. The molecule has 0 spiro atoms. The number of aryl methyl sites for hydroxylation is 2. The highest BCUT2D eigenvalue weighted by molar-refractivity contribution is 6.05. The number of aliphatic hydroxyl groups excluding tert-OH is 1. The quantitative estimate of drug-likeness (QED) is 0.322. The summed E-state index contributed by atoms with van der Waals surface area (Å²) in [5.41, 5.74) is 4.21. The minimum Gasteiger partial charge on any atom is -0.394 e. The van der Waals surface area contributed by atoms with Crippen molar-refractivity contribution in [1.82, 2.24) is 34.9 Å². The summed E-state index contributed by atoms with van der Waals surface area (Å²) in [6, 6.07) is 6.30. The molecule has 0 bridgehead atoms. The number of aromatic nitrogens is 5. The average Bonchev–Trinajstić information content (AvgIpc) is 3.45. The maximum atomic E-state index is 12.9. The number of amides is 1. The zero-order valence-electron chi connectivity index (χ0n) is 21.5. The normalized spacial score (nSPS) is 14.7. The van der Waals surface area contributed by atoms with Gasteiger partial charge in [0, 0.05) is 37.8 Å². The van der Waals surface area contributed by atoms with E-state index >= 15 is 0 Å². The third-order valence-electron chi connectivity index (χ3n) is 6.57. The SMILES string of the molecule is Cc1ccc2c(-c3cnc4[nH]cc(C(=O)NC(C)(C)CO)c4n3)nn(CCCN3CCOCC3)c2c1.Cl. The molecule has 11 heteroatoms. The minimum atomic E-state index is -0.750. The van der Waals surface area contributed by atoms with Crippen LogP contribution in [0.3, 0.4) is 0 Å². The lowest BCUT2D eigenvalue weighted by Crippen LogP contribution is -2.46. The molecule has 3 aromatic heterocycles. The van der Waals surface area contributed by atoms with Gasteiger partial charge in [0.05, 0.1) is 42.6 Å². The molecule has 0 saturated carbocycles. The smallest absolute Gasteiger partial charge is 0.255 e. The number of hydrogen-bond acceptors (Lipinski definition) is 7. The van der Waals surface area contributed by atoms with Crippen LogP contribution >= 0.6 is 12.4 Å². The molecule has 1 saturated heterocycles. The second-order valence-electron chi connectivity index (χ2n) is 10.1. The van der Waals surface area contributed by atoms with Crippen LogP contribution in [0.25, 0.3) is 33.5 Å². The van der Waals surface area contributed by atoms with Crippen molar-refractivity contribution < 1.29 is 14.6 Å². The summed E-state index contributed by atoms with van der Waals surface area (Å²) in [6.07, 6.45) is 4.28. The zero-order chi connectivity index (χ0) is 25.3. The van der Waals surface area contributed by atoms with Crippen molar-refractivity contribution in [3.8, 4) is 11.4 Å². The number of nitrogens with one attached hydrogen (secondary N) is 2. The number of aromatic amines is 1. The molecule has 5 rings (SSSR count). The Kier molecular flexibility index (Phi) is 8.13. The van der Waals surface area contributed by atoms with Crippen LogP contribution in [0.5, 0.6) is 0 Å². The minimum absolute atomic E-state index is 0. The van der Waals surface area contributed by atoms with Crippen molar-refractivity contribution in [2.24, 2.45) is 0 Å². The molecule has 10 nitrogen and oxygen atoms in total. The number of halogens is 1. The number of benzene rings is 1. The molecular weight excluding hydrogens is 494 g/mol. The Morgan fingerprint density at radius 3 is 2.78 bits per heavy atom. The van der Waals surface area contributed by atoms with Crippen LogP contribution in [0, 0.1) is 6.92 Å². The van der Waals surface area contributed by atoms with Gasteiger partial charge in [-0.1, -0.05) is 12.1 Å². The van der Waals surface area contributed by atoms with E-state index in [1.807, 2.05) is 0 Å². The number of rotatable bonds is 8. The van der Waals surface area contributed by atoms with Crippen LogP contribution in [-0.4, -0.2) is 85.6 Å². The van der Waals surface area contributed by atoms with Crippen LogP contribution in [0.15, 0.2) is 30.6 Å². The first-order chi connectivity index (χ1) is 17.3. The Labute approximate surface area is 221 Å². The molecular formula is C26H34ClN7O3. The van der Waals surface area contributed by atoms with Crippen molar-refractivity contribution in [3.63, 3.8) is 0 Å². The van der Waals surface area contributed by atoms with E-state index in [1.54, 1.807) is 26.2 Å². The monoisotopic (exact) mass is 527 g/mol. The van der Waals surface area contributed by atoms with Crippen LogP contribution in [-0.2, 0) is 11.3 Å². The van der Waals surface area contributed by atoms with Gasteiger partial charge in [-0.2, -0.15) is 5.10 Å². The maximum Gasteiger partial charge on any atom is 0.255 e. The van der Waals surface area contributed by atoms with E-state index in [1.165, 1.54) is 5.56 Å². The number of hydrogen-bond donors (Lipinski definition) is 3. The number of fused-ring (bicyclic) bond motifs is 2. The van der Waals surface area contributed by atoms with Gasteiger partial charge in [0.2, 0.25) is 0 Å². The van der Waals surface area contributed by atoms with Crippen LogP contribution in [0.2, 0.25) is 0 Å². The number of ether oxygens (including phenoxy) is 1. The summed E-state index contributed by atoms with van der Waals surface area (Å²) < 4.78 is 7.51. The van der Waals surface area contributed by atoms with Gasteiger partial charge in [0.1, 0.15) is 16.9 Å². The van der Waals surface area contributed by atoms with Gasteiger partial charge in [0.25, 0.3) is 5.91 Å². The fraction of sp³-hybridized carbons (Fsp3) is 0.462. The molecule has 0 atom stereocenters. The van der Waals surface area contributed by atoms with E-state index in [9.17, 15) is 9.90 Å². The molecule has 4 heterocycles. The number of carbonyl (C=O) groups excluding carboxylic acids is 1. The standard InChI is InChI=1S/C26H33N7O3.ClH/c1-17-5-6-18-21(13-17)33(8-4-7-32-9-11-36-12-10-32)31-22(18)20-15-28-24-23(29-20)19(14-27-24)25(35)30-26(2,3)16-34;/h5-6,13-15,34H,4,7-12,16H2,1-3H3,(H,27,28)(H,30,35);1H. The molecule has 37 heavy (non-hydrogen) atoms. The Bertz CT molecular complexity index is 1390. The van der Waals surface area contributed by atoms with Gasteiger partial charge in [-0.3, -0.25) is 14.4 Å². The lowest BCUT2D eigenvalue weighted by atomic mass is 10.1. The molecule has 0 aliphatic carbocycles. The molecule has 0 unspecified atom stereocenters. The molecule has 1 aliphatic rings. The first-order valence-corrected chi connectivity index (χ1v) is 12.4. The summed E-state index contributed by atoms with van der Waals surface area (Å²) in [6.45, 7) is 10.8. The summed E-state index contributed by atoms with van der Waals surface area (Å²) >= 11 is 0. The highest BCUT2D eigenvalue weighted by Crippen LogP contribution is 2.29. The van der Waals surface area contributed by atoms with E-state index in [2.05, 4.69) is 50.0 Å². The second kappa shape index (κ2) is 11.1. The van der Waals surface area contributed by atoms with E-state index in [4.69, 9.17) is 14.8 Å². The first kappa shape index (κ1) is 27.0. The largest absolute Gasteiger partial charge is 0.394 e. The van der Waals surface area contributed by atoms with E-state index < -0.39 is 5.54 Å². The molecule has 0 radical (unpaired) electrons. The third-order valence-corrected chi connectivity index (χ3v) is 6.57. The van der Waals surface area contributed by atoms with Gasteiger partial charge in [0.15, 0.2) is 5.65 Å². The fourth-order valence-electron chi connectivity index (χ4n) is 4.51. The average molecular weight is 528 g/mol. The number of nitrogens with zero attached hydrogens (tertiary/aromatic N) is 5. The van der Waals surface area contributed by atoms with E-state index in [-0.39, 0.29) is 24.9 Å². The predicted octanol–water partition coefficient (Wildman–Crippen LogP) is 2.93. The highest BCUT2D eigenvalue weighted by atomic mass is 35.5. The number of H-pyrrole nitrogens is 1. The van der Waals surface area contributed by atoms with Crippen molar-refractivity contribution in [2.45, 2.75) is 39.3 Å². The lowest BCUT2D eigenvalue weighted by molar-refractivity contribution is 0.0368. The second-order valence-corrected chi connectivity index (χ2v) is 10.1. The molecule has 4 aromatic rings. The van der Waals surface area contributed by atoms with Crippen LogP contribution in [0.1, 0.15) is 36.2 Å². The predicted molar refractivity (Wildman–Crippen MR) is 145 cm³/mol. The zero-order valence-corrected chi connectivity index (χ0v) is 22.3. The van der Waals surface area contributed by atoms with Crippen LogP contribution in [0.4, 0.5) is 0 Å². The van der Waals surface area contributed by atoms with Crippen molar-refractivity contribution >= 4 is 40.4 Å². The molecule has 198 valence electrons. The number of carbonyl (C=O) groups is 1. The summed E-state index contributed by atoms with van der Waals surface area (Å²) in [7, 11) is 0. The van der Waals surface area contributed by atoms with Gasteiger partial charge in [-0.05, 0) is 38.8 Å². The van der Waals surface area contributed by atoms with Crippen LogP contribution < -0.4 is 5.32 Å². The number of morpholine rings is 1. The van der Waals surface area contributed by atoms with Crippen molar-refractivity contribution in [3.05, 3.63) is 41.7 Å². The van der Waals surface area contributed by atoms with E-state index in [0.29, 0.717) is 22.4 Å². The van der Waals surface area contributed by atoms with E-state index in [0.717, 1.165) is 62.4 Å². The van der Waals surface area contributed by atoms with Crippen molar-refractivity contribution in [1.29, 1.82) is 0 Å².